The molecule has 0 fully saturated rings. The Bertz CT molecular complexity index is 516. The van der Waals surface area contributed by atoms with Gasteiger partial charge in [0, 0.05) is 18.2 Å². The first kappa shape index (κ1) is 13.0. The molecule has 0 bridgehead atoms. The first-order valence-electron chi connectivity index (χ1n) is 5.90. The number of carbonyl (C=O) groups excluding carboxylic acids is 2. The third-order valence-electron chi connectivity index (χ3n) is 2.67. The molecule has 2 amide bonds. The van der Waals surface area contributed by atoms with E-state index in [4.69, 9.17) is 0 Å². The highest BCUT2D eigenvalue weighted by Gasteiger charge is 2.22. The summed E-state index contributed by atoms with van der Waals surface area (Å²) in [5.74, 6) is -0.756. The highest BCUT2D eigenvalue weighted by atomic mass is 16.2. The summed E-state index contributed by atoms with van der Waals surface area (Å²) in [7, 11) is 1.54. The summed E-state index contributed by atoms with van der Waals surface area (Å²) < 4.78 is 0. The second kappa shape index (κ2) is 5.93. The number of hydrogen-bond donors (Lipinski definition) is 1. The number of amides is 2. The largest absolute Gasteiger partial charge is 0.275 e. The van der Waals surface area contributed by atoms with Gasteiger partial charge in [0.2, 0.25) is 0 Å². The lowest BCUT2D eigenvalue weighted by Gasteiger charge is -2.19. The predicted octanol–water partition coefficient (Wildman–Crippen LogP) is 2.10. The SMILES string of the molecule is CNN(C(=O)c1ccccc1)C(=O)c1ccccc1. The van der Waals surface area contributed by atoms with E-state index in [0.29, 0.717) is 11.1 Å². The Morgan fingerprint density at radius 1 is 0.789 bits per heavy atom. The fourth-order valence-electron chi connectivity index (χ4n) is 1.71. The van der Waals surface area contributed by atoms with Crippen LogP contribution in [0, 0.1) is 0 Å². The van der Waals surface area contributed by atoms with E-state index < -0.39 is 0 Å². The minimum atomic E-state index is -0.378. The fraction of sp³-hybridized carbons (Fsp3) is 0.0667. The Hall–Kier alpha value is -2.46. The van der Waals surface area contributed by atoms with Crippen molar-refractivity contribution < 1.29 is 9.59 Å². The molecule has 0 radical (unpaired) electrons. The van der Waals surface area contributed by atoms with Crippen molar-refractivity contribution in [2.24, 2.45) is 0 Å². The number of nitrogens with zero attached hydrogens (tertiary/aromatic N) is 1. The van der Waals surface area contributed by atoms with Gasteiger partial charge in [0.25, 0.3) is 11.8 Å². The van der Waals surface area contributed by atoms with Crippen molar-refractivity contribution in [3.8, 4) is 0 Å². The smallest absolute Gasteiger partial charge is 0.267 e. The van der Waals surface area contributed by atoms with E-state index >= 15 is 0 Å². The second-order valence-corrected chi connectivity index (χ2v) is 3.90. The van der Waals surface area contributed by atoms with E-state index in [1.165, 1.54) is 0 Å². The van der Waals surface area contributed by atoms with Crippen molar-refractivity contribution in [1.29, 1.82) is 0 Å². The first-order chi connectivity index (χ1) is 9.24. The number of hydrazine groups is 1. The van der Waals surface area contributed by atoms with Gasteiger partial charge in [-0.25, -0.2) is 10.4 Å². The van der Waals surface area contributed by atoms with Crippen LogP contribution in [0.15, 0.2) is 60.7 Å². The van der Waals surface area contributed by atoms with E-state index in [-0.39, 0.29) is 11.8 Å². The van der Waals surface area contributed by atoms with Gasteiger partial charge in [0.15, 0.2) is 0 Å². The number of rotatable bonds is 3. The molecule has 0 aromatic heterocycles. The number of imide groups is 1. The van der Waals surface area contributed by atoms with E-state index in [2.05, 4.69) is 5.43 Å². The van der Waals surface area contributed by atoms with Crippen LogP contribution in [-0.2, 0) is 0 Å². The molecular formula is C15H14N2O2. The van der Waals surface area contributed by atoms with Gasteiger partial charge in [-0.2, -0.15) is 0 Å². The summed E-state index contributed by atoms with van der Waals surface area (Å²) in [4.78, 5) is 24.5. The molecule has 0 aliphatic heterocycles. The van der Waals surface area contributed by atoms with Crippen LogP contribution in [0.1, 0.15) is 20.7 Å². The maximum absolute atomic E-state index is 12.2. The maximum atomic E-state index is 12.2. The maximum Gasteiger partial charge on any atom is 0.275 e. The van der Waals surface area contributed by atoms with Crippen LogP contribution in [0.25, 0.3) is 0 Å². The van der Waals surface area contributed by atoms with Crippen LogP contribution in [0.4, 0.5) is 0 Å². The van der Waals surface area contributed by atoms with Gasteiger partial charge in [-0.3, -0.25) is 9.59 Å². The number of carbonyl (C=O) groups is 2. The Balaban J connectivity index is 2.26. The van der Waals surface area contributed by atoms with Crippen molar-refractivity contribution in [3.05, 3.63) is 71.8 Å². The molecule has 0 heterocycles. The number of hydrogen-bond acceptors (Lipinski definition) is 3. The van der Waals surface area contributed by atoms with Crippen molar-refractivity contribution in [2.45, 2.75) is 0 Å². The van der Waals surface area contributed by atoms with Crippen LogP contribution in [0.5, 0.6) is 0 Å². The highest BCUT2D eigenvalue weighted by Crippen LogP contribution is 2.08. The van der Waals surface area contributed by atoms with Gasteiger partial charge in [-0.15, -0.1) is 0 Å². The molecule has 2 aromatic carbocycles. The van der Waals surface area contributed by atoms with E-state index in [1.807, 2.05) is 12.1 Å². The second-order valence-electron chi connectivity index (χ2n) is 3.90. The summed E-state index contributed by atoms with van der Waals surface area (Å²) in [5, 5.41) is 1.00. The Morgan fingerprint density at radius 2 is 1.16 bits per heavy atom. The van der Waals surface area contributed by atoms with Gasteiger partial charge in [0.05, 0.1) is 0 Å². The standard InChI is InChI=1S/C15H14N2O2/c1-16-17(14(18)12-8-4-2-5-9-12)15(19)13-10-6-3-7-11-13/h2-11,16H,1H3. The molecular weight excluding hydrogens is 240 g/mol. The van der Waals surface area contributed by atoms with E-state index in [0.717, 1.165) is 5.01 Å². The van der Waals surface area contributed by atoms with Gasteiger partial charge in [-0.05, 0) is 24.3 Å². The third kappa shape index (κ3) is 2.86. The zero-order valence-electron chi connectivity index (χ0n) is 10.5. The zero-order chi connectivity index (χ0) is 13.7. The fourth-order valence-corrected chi connectivity index (χ4v) is 1.71. The Morgan fingerprint density at radius 3 is 1.47 bits per heavy atom. The van der Waals surface area contributed by atoms with Gasteiger partial charge in [0.1, 0.15) is 0 Å². The Kier molecular flexibility index (Phi) is 4.05. The summed E-state index contributed by atoms with van der Waals surface area (Å²) in [6, 6.07) is 17.4. The normalized spacial score (nSPS) is 9.95. The minimum Gasteiger partial charge on any atom is -0.267 e. The van der Waals surface area contributed by atoms with E-state index in [1.54, 1.807) is 55.6 Å². The van der Waals surface area contributed by atoms with Gasteiger partial charge < -0.3 is 0 Å². The minimum absolute atomic E-state index is 0.378. The van der Waals surface area contributed by atoms with Crippen LogP contribution in [0.3, 0.4) is 0 Å². The lowest BCUT2D eigenvalue weighted by atomic mass is 10.1. The quantitative estimate of drug-likeness (QED) is 0.674. The van der Waals surface area contributed by atoms with Crippen LogP contribution in [-0.4, -0.2) is 23.9 Å². The van der Waals surface area contributed by atoms with Crippen LogP contribution in [0.2, 0.25) is 0 Å². The van der Waals surface area contributed by atoms with E-state index in [9.17, 15) is 9.59 Å². The zero-order valence-corrected chi connectivity index (χ0v) is 10.5. The van der Waals surface area contributed by atoms with Crippen molar-refractivity contribution in [3.63, 3.8) is 0 Å². The van der Waals surface area contributed by atoms with Crippen LogP contribution >= 0.6 is 0 Å². The van der Waals surface area contributed by atoms with Gasteiger partial charge in [-0.1, -0.05) is 36.4 Å². The molecule has 0 spiro atoms. The molecule has 2 rings (SSSR count). The predicted molar refractivity (Wildman–Crippen MR) is 72.4 cm³/mol. The average molecular weight is 254 g/mol. The first-order valence-corrected chi connectivity index (χ1v) is 5.90. The molecule has 0 aliphatic carbocycles. The molecule has 4 nitrogen and oxygen atoms in total. The molecule has 96 valence electrons. The summed E-state index contributed by atoms with van der Waals surface area (Å²) in [5.41, 5.74) is 3.55. The molecule has 0 atom stereocenters. The van der Waals surface area contributed by atoms with Crippen molar-refractivity contribution in [1.82, 2.24) is 10.4 Å². The Labute approximate surface area is 111 Å². The highest BCUT2D eigenvalue weighted by molar-refractivity contribution is 6.09. The molecule has 0 saturated carbocycles. The molecule has 19 heavy (non-hydrogen) atoms. The molecule has 0 aliphatic rings. The molecule has 2 aromatic rings. The molecule has 1 N–H and O–H groups in total. The summed E-state index contributed by atoms with van der Waals surface area (Å²) >= 11 is 0. The topological polar surface area (TPSA) is 49.4 Å². The summed E-state index contributed by atoms with van der Waals surface area (Å²) in [6.45, 7) is 0. The van der Waals surface area contributed by atoms with Gasteiger partial charge >= 0.3 is 0 Å². The lowest BCUT2D eigenvalue weighted by Crippen LogP contribution is -2.45. The summed E-state index contributed by atoms with van der Waals surface area (Å²) in [6.07, 6.45) is 0. The average Bonchev–Trinajstić information content (AvgIpc) is 2.49. The lowest BCUT2D eigenvalue weighted by molar-refractivity contribution is 0.0546. The van der Waals surface area contributed by atoms with Crippen molar-refractivity contribution in [2.75, 3.05) is 7.05 Å². The third-order valence-corrected chi connectivity index (χ3v) is 2.67. The number of nitrogens with one attached hydrogen (secondary N) is 1. The molecule has 0 saturated heterocycles. The van der Waals surface area contributed by atoms with Crippen molar-refractivity contribution >= 4 is 11.8 Å². The molecule has 0 unspecified atom stereocenters. The van der Waals surface area contributed by atoms with Crippen LogP contribution < -0.4 is 5.43 Å². The monoisotopic (exact) mass is 254 g/mol. The number of benzene rings is 2. The molecule has 4 heteroatoms.